The minimum absolute atomic E-state index is 0.0171. The van der Waals surface area contributed by atoms with Crippen molar-refractivity contribution in [1.82, 2.24) is 5.32 Å². The lowest BCUT2D eigenvalue weighted by Gasteiger charge is -2.13. The van der Waals surface area contributed by atoms with Crippen LogP contribution in [-0.2, 0) is 11.3 Å². The second-order valence-corrected chi connectivity index (χ2v) is 4.81. The lowest BCUT2D eigenvalue weighted by molar-refractivity contribution is 0.0595. The molecular weight excluding hydrogens is 233 g/mol. The van der Waals surface area contributed by atoms with Crippen LogP contribution in [0.25, 0.3) is 0 Å². The van der Waals surface area contributed by atoms with E-state index in [4.69, 9.17) is 0 Å². The molecule has 1 unspecified atom stereocenters. The summed E-state index contributed by atoms with van der Waals surface area (Å²) in [6.07, 6.45) is 2.56. The predicted octanol–water partition coefficient (Wildman–Crippen LogP) is 2.50. The highest BCUT2D eigenvalue weighted by molar-refractivity contribution is 5.89. The molecule has 0 aliphatic heterocycles. The van der Waals surface area contributed by atoms with E-state index < -0.39 is 11.8 Å². The molecule has 1 aliphatic rings. The van der Waals surface area contributed by atoms with Gasteiger partial charge in [0, 0.05) is 12.6 Å². The van der Waals surface area contributed by atoms with E-state index in [1.807, 2.05) is 0 Å². The second-order valence-electron chi connectivity index (χ2n) is 4.81. The molecule has 0 spiro atoms. The van der Waals surface area contributed by atoms with E-state index in [0.717, 1.165) is 11.5 Å². The summed E-state index contributed by atoms with van der Waals surface area (Å²) < 4.78 is 18.2. The van der Waals surface area contributed by atoms with Gasteiger partial charge >= 0.3 is 5.97 Å². The average Bonchev–Trinajstić information content (AvgIpc) is 3.19. The van der Waals surface area contributed by atoms with Crippen molar-refractivity contribution in [3.63, 3.8) is 0 Å². The summed E-state index contributed by atoms with van der Waals surface area (Å²) in [4.78, 5) is 11.2. The normalized spacial score (nSPS) is 16.4. The van der Waals surface area contributed by atoms with Crippen molar-refractivity contribution in [2.24, 2.45) is 5.92 Å². The van der Waals surface area contributed by atoms with E-state index in [-0.39, 0.29) is 5.56 Å². The number of carbonyl (C=O) groups is 1. The summed E-state index contributed by atoms with van der Waals surface area (Å²) in [7, 11) is 1.24. The Morgan fingerprint density at radius 2 is 2.28 bits per heavy atom. The van der Waals surface area contributed by atoms with Gasteiger partial charge < -0.3 is 10.1 Å². The van der Waals surface area contributed by atoms with Crippen LogP contribution in [0.1, 0.15) is 35.7 Å². The van der Waals surface area contributed by atoms with Crippen molar-refractivity contribution in [2.75, 3.05) is 7.11 Å². The Morgan fingerprint density at radius 3 is 2.83 bits per heavy atom. The molecule has 2 rings (SSSR count). The third kappa shape index (κ3) is 3.07. The third-order valence-electron chi connectivity index (χ3n) is 3.40. The summed E-state index contributed by atoms with van der Waals surface area (Å²) >= 11 is 0. The number of nitrogens with one attached hydrogen (secondary N) is 1. The topological polar surface area (TPSA) is 38.3 Å². The minimum Gasteiger partial charge on any atom is -0.465 e. The first-order chi connectivity index (χ1) is 8.61. The molecule has 98 valence electrons. The predicted molar refractivity (Wildman–Crippen MR) is 66.8 cm³/mol. The van der Waals surface area contributed by atoms with Crippen molar-refractivity contribution in [3.8, 4) is 0 Å². The zero-order valence-electron chi connectivity index (χ0n) is 10.7. The molecule has 0 saturated heterocycles. The Balaban J connectivity index is 1.97. The van der Waals surface area contributed by atoms with E-state index in [1.165, 1.54) is 32.1 Å². The summed E-state index contributed by atoms with van der Waals surface area (Å²) in [5.74, 6) is -0.400. The van der Waals surface area contributed by atoms with Gasteiger partial charge in [0.25, 0.3) is 0 Å². The number of esters is 1. The molecule has 1 aromatic carbocycles. The highest BCUT2D eigenvalue weighted by Crippen LogP contribution is 2.32. The van der Waals surface area contributed by atoms with Gasteiger partial charge in [-0.3, -0.25) is 0 Å². The van der Waals surface area contributed by atoms with Gasteiger partial charge in [0.2, 0.25) is 0 Å². The Morgan fingerprint density at radius 1 is 1.56 bits per heavy atom. The Labute approximate surface area is 106 Å². The Bertz CT molecular complexity index is 443. The van der Waals surface area contributed by atoms with Crippen LogP contribution in [-0.4, -0.2) is 19.1 Å². The van der Waals surface area contributed by atoms with E-state index in [1.54, 1.807) is 6.07 Å². The number of hydrogen-bond acceptors (Lipinski definition) is 3. The van der Waals surface area contributed by atoms with Crippen molar-refractivity contribution in [2.45, 2.75) is 32.4 Å². The molecule has 0 amide bonds. The molecule has 18 heavy (non-hydrogen) atoms. The lowest BCUT2D eigenvalue weighted by atomic mass is 10.1. The Kier molecular flexibility index (Phi) is 3.97. The molecule has 1 atom stereocenters. The summed E-state index contributed by atoms with van der Waals surface area (Å²) in [5.41, 5.74) is 0.823. The molecule has 1 N–H and O–H groups in total. The minimum atomic E-state index is -0.640. The monoisotopic (exact) mass is 251 g/mol. The highest BCUT2D eigenvalue weighted by atomic mass is 19.1. The first kappa shape index (κ1) is 13.0. The second kappa shape index (κ2) is 5.48. The standard InChI is InChI=1S/C14H18FNO2/c1-9(11-4-5-11)16-8-10-3-6-12(13(15)7-10)14(17)18-2/h3,6-7,9,11,16H,4-5,8H2,1-2H3. The molecule has 0 aromatic heterocycles. The van der Waals surface area contributed by atoms with Crippen LogP contribution >= 0.6 is 0 Å². The van der Waals surface area contributed by atoms with Crippen LogP contribution in [0.2, 0.25) is 0 Å². The molecule has 0 radical (unpaired) electrons. The van der Waals surface area contributed by atoms with Gasteiger partial charge in [-0.25, -0.2) is 9.18 Å². The molecule has 3 nitrogen and oxygen atoms in total. The van der Waals surface area contributed by atoms with E-state index in [2.05, 4.69) is 17.0 Å². The van der Waals surface area contributed by atoms with E-state index in [0.29, 0.717) is 12.6 Å². The van der Waals surface area contributed by atoms with Gasteiger partial charge in [0.05, 0.1) is 12.7 Å². The molecule has 4 heteroatoms. The number of hydrogen-bond donors (Lipinski definition) is 1. The van der Waals surface area contributed by atoms with Crippen molar-refractivity contribution < 1.29 is 13.9 Å². The number of halogens is 1. The number of rotatable bonds is 5. The van der Waals surface area contributed by atoms with Crippen LogP contribution in [0.4, 0.5) is 4.39 Å². The Hall–Kier alpha value is -1.42. The molecule has 0 bridgehead atoms. The highest BCUT2D eigenvalue weighted by Gasteiger charge is 2.27. The number of ether oxygens (including phenoxy) is 1. The first-order valence-corrected chi connectivity index (χ1v) is 6.22. The van der Waals surface area contributed by atoms with Gasteiger partial charge in [-0.2, -0.15) is 0 Å². The number of carbonyl (C=O) groups excluding carboxylic acids is 1. The maximum absolute atomic E-state index is 13.7. The van der Waals surface area contributed by atoms with Crippen LogP contribution in [0.5, 0.6) is 0 Å². The maximum atomic E-state index is 13.7. The number of methoxy groups -OCH3 is 1. The van der Waals surface area contributed by atoms with Gasteiger partial charge in [0.1, 0.15) is 5.82 Å². The number of benzene rings is 1. The largest absolute Gasteiger partial charge is 0.465 e. The van der Waals surface area contributed by atoms with Crippen LogP contribution < -0.4 is 5.32 Å². The fourth-order valence-corrected chi connectivity index (χ4v) is 1.99. The van der Waals surface area contributed by atoms with Crippen LogP contribution in [0.3, 0.4) is 0 Å². The zero-order valence-corrected chi connectivity index (χ0v) is 10.7. The van der Waals surface area contributed by atoms with E-state index in [9.17, 15) is 9.18 Å². The fourth-order valence-electron chi connectivity index (χ4n) is 1.99. The molecule has 1 aromatic rings. The van der Waals surface area contributed by atoms with E-state index >= 15 is 0 Å². The smallest absolute Gasteiger partial charge is 0.340 e. The fraction of sp³-hybridized carbons (Fsp3) is 0.500. The van der Waals surface area contributed by atoms with Crippen molar-refractivity contribution in [1.29, 1.82) is 0 Å². The molecule has 0 heterocycles. The first-order valence-electron chi connectivity index (χ1n) is 6.22. The van der Waals surface area contributed by atoms with Crippen molar-refractivity contribution >= 4 is 5.97 Å². The van der Waals surface area contributed by atoms with Gasteiger partial charge in [-0.1, -0.05) is 6.07 Å². The van der Waals surface area contributed by atoms with Crippen LogP contribution in [0.15, 0.2) is 18.2 Å². The maximum Gasteiger partial charge on any atom is 0.340 e. The third-order valence-corrected chi connectivity index (χ3v) is 3.40. The molecule has 1 aliphatic carbocycles. The van der Waals surface area contributed by atoms with Gasteiger partial charge in [-0.15, -0.1) is 0 Å². The van der Waals surface area contributed by atoms with Crippen molar-refractivity contribution in [3.05, 3.63) is 35.1 Å². The zero-order chi connectivity index (χ0) is 13.1. The summed E-state index contributed by atoms with van der Waals surface area (Å²) in [6.45, 7) is 2.77. The van der Waals surface area contributed by atoms with Gasteiger partial charge in [-0.05, 0) is 43.4 Å². The molecule has 1 saturated carbocycles. The SMILES string of the molecule is COC(=O)c1ccc(CNC(C)C2CC2)cc1F. The quantitative estimate of drug-likeness (QED) is 0.817. The summed E-state index contributed by atoms with van der Waals surface area (Å²) in [6, 6.07) is 5.08. The van der Waals surface area contributed by atoms with Crippen LogP contribution in [0, 0.1) is 11.7 Å². The average molecular weight is 251 g/mol. The van der Waals surface area contributed by atoms with Gasteiger partial charge in [0.15, 0.2) is 0 Å². The molecular formula is C14H18FNO2. The summed E-state index contributed by atoms with van der Waals surface area (Å²) in [5, 5.41) is 3.37. The lowest BCUT2D eigenvalue weighted by Crippen LogP contribution is -2.27. The molecule has 1 fully saturated rings.